The molecule has 39 heavy (non-hydrogen) atoms. The van der Waals surface area contributed by atoms with E-state index in [-0.39, 0.29) is 5.92 Å². The summed E-state index contributed by atoms with van der Waals surface area (Å²) in [6.45, 7) is 4.94. The standard InChI is InChI=1S/C29H34N2O2.C2H2O4/c1-29(26-12-5-6-17-30-26,28(32)24-8-3-2-4-9-24)16-20-31-18-13-22(14-19-31)25-11-7-10-23-15-21-33-27(23)25;3-1(4)2(5)6/h5-7,10-13,15,17,21,24H,2-4,8-9,14,16,18-20H2,1H3;(H,3,4)(H,5,6). The molecule has 3 aromatic rings. The molecule has 8 nitrogen and oxygen atoms in total. The number of furan rings is 1. The molecule has 5 rings (SSSR count). The Hall–Kier alpha value is -3.78. The summed E-state index contributed by atoms with van der Waals surface area (Å²) in [5.74, 6) is -3.06. The molecule has 0 bridgehead atoms. The predicted molar refractivity (Wildman–Crippen MR) is 148 cm³/mol. The third-order valence-electron chi connectivity index (χ3n) is 7.98. The number of rotatable bonds is 7. The van der Waals surface area contributed by atoms with Crippen molar-refractivity contribution in [3.05, 3.63) is 72.3 Å². The topological polar surface area (TPSA) is 121 Å². The zero-order valence-electron chi connectivity index (χ0n) is 22.3. The lowest BCUT2D eigenvalue weighted by Gasteiger charge is -2.35. The summed E-state index contributed by atoms with van der Waals surface area (Å²) in [7, 11) is 0. The second-order valence-electron chi connectivity index (χ2n) is 10.5. The van der Waals surface area contributed by atoms with Gasteiger partial charge in [0.15, 0.2) is 0 Å². The molecule has 0 amide bonds. The van der Waals surface area contributed by atoms with Crippen molar-refractivity contribution in [2.24, 2.45) is 5.92 Å². The SMILES string of the molecule is CC(CCN1CC=C(c2cccc3ccoc23)CC1)(C(=O)C1CCCCC1)c1ccccn1.O=C(O)C(=O)O. The first-order valence-electron chi connectivity index (χ1n) is 13.6. The van der Waals surface area contributed by atoms with Crippen LogP contribution in [0.25, 0.3) is 16.5 Å². The van der Waals surface area contributed by atoms with E-state index in [0.717, 1.165) is 62.0 Å². The fraction of sp³-hybridized carbons (Fsp3) is 0.419. The Balaban J connectivity index is 0.000000531. The highest BCUT2D eigenvalue weighted by Gasteiger charge is 2.40. The summed E-state index contributed by atoms with van der Waals surface area (Å²) in [6, 6.07) is 14.4. The van der Waals surface area contributed by atoms with E-state index >= 15 is 0 Å². The molecule has 1 aromatic carbocycles. The third-order valence-corrected chi connectivity index (χ3v) is 7.98. The Morgan fingerprint density at radius 1 is 1.03 bits per heavy atom. The van der Waals surface area contributed by atoms with Crippen LogP contribution in [-0.2, 0) is 19.8 Å². The van der Waals surface area contributed by atoms with Crippen LogP contribution in [0.4, 0.5) is 0 Å². The van der Waals surface area contributed by atoms with Gasteiger partial charge in [0.25, 0.3) is 0 Å². The lowest BCUT2D eigenvalue weighted by atomic mass is 9.70. The van der Waals surface area contributed by atoms with Gasteiger partial charge in [-0.2, -0.15) is 0 Å². The first-order valence-corrected chi connectivity index (χ1v) is 13.6. The zero-order valence-corrected chi connectivity index (χ0v) is 22.3. The van der Waals surface area contributed by atoms with Gasteiger partial charge in [-0.1, -0.05) is 49.6 Å². The molecule has 0 spiro atoms. The molecule has 2 aliphatic rings. The van der Waals surface area contributed by atoms with Crippen molar-refractivity contribution < 1.29 is 29.0 Å². The maximum absolute atomic E-state index is 13.7. The van der Waals surface area contributed by atoms with Gasteiger partial charge in [-0.3, -0.25) is 14.7 Å². The van der Waals surface area contributed by atoms with Crippen LogP contribution in [0.3, 0.4) is 0 Å². The Morgan fingerprint density at radius 2 is 1.79 bits per heavy atom. The lowest BCUT2D eigenvalue weighted by molar-refractivity contribution is -0.159. The summed E-state index contributed by atoms with van der Waals surface area (Å²) < 4.78 is 5.76. The average molecular weight is 533 g/mol. The Morgan fingerprint density at radius 3 is 2.44 bits per heavy atom. The van der Waals surface area contributed by atoms with Crippen LogP contribution in [-0.4, -0.2) is 57.5 Å². The van der Waals surface area contributed by atoms with Gasteiger partial charge in [0.2, 0.25) is 0 Å². The van der Waals surface area contributed by atoms with Gasteiger partial charge in [-0.05, 0) is 62.9 Å². The van der Waals surface area contributed by atoms with Crippen molar-refractivity contribution >= 4 is 34.3 Å². The summed E-state index contributed by atoms with van der Waals surface area (Å²) >= 11 is 0. The number of para-hydroxylation sites is 1. The first-order chi connectivity index (χ1) is 18.8. The molecule has 1 aliphatic heterocycles. The predicted octanol–water partition coefficient (Wildman–Crippen LogP) is 5.57. The van der Waals surface area contributed by atoms with E-state index in [0.29, 0.717) is 5.78 Å². The van der Waals surface area contributed by atoms with E-state index in [1.54, 1.807) is 6.26 Å². The van der Waals surface area contributed by atoms with Gasteiger partial charge in [0.1, 0.15) is 11.4 Å². The molecule has 3 heterocycles. The normalized spacial score (nSPS) is 17.9. The van der Waals surface area contributed by atoms with Crippen LogP contribution < -0.4 is 0 Å². The molecule has 0 radical (unpaired) electrons. The summed E-state index contributed by atoms with van der Waals surface area (Å²) in [4.78, 5) is 39.1. The zero-order chi connectivity index (χ0) is 27.8. The van der Waals surface area contributed by atoms with Gasteiger partial charge >= 0.3 is 11.9 Å². The minimum Gasteiger partial charge on any atom is -0.473 e. The molecule has 2 N–H and O–H groups in total. The van der Waals surface area contributed by atoms with Crippen molar-refractivity contribution in [2.45, 2.75) is 57.3 Å². The molecule has 1 aliphatic carbocycles. The number of Topliss-reactive ketones (excluding diaryl/α,β-unsaturated/α-hetero) is 1. The van der Waals surface area contributed by atoms with Gasteiger partial charge in [-0.25, -0.2) is 9.59 Å². The molecule has 1 saturated carbocycles. The van der Waals surface area contributed by atoms with Gasteiger partial charge < -0.3 is 14.6 Å². The number of nitrogens with zero attached hydrogens (tertiary/aromatic N) is 2. The molecule has 0 saturated heterocycles. The van der Waals surface area contributed by atoms with Crippen LogP contribution in [0, 0.1) is 5.92 Å². The summed E-state index contributed by atoms with van der Waals surface area (Å²) in [6.07, 6.45) is 13.4. The molecule has 1 atom stereocenters. The smallest absolute Gasteiger partial charge is 0.414 e. The summed E-state index contributed by atoms with van der Waals surface area (Å²) in [5, 5.41) is 15.9. The monoisotopic (exact) mass is 532 g/mol. The number of hydrogen-bond donors (Lipinski definition) is 2. The van der Waals surface area contributed by atoms with Crippen LogP contribution in [0.1, 0.15) is 63.1 Å². The molecule has 2 aromatic heterocycles. The Kier molecular flexibility index (Phi) is 9.30. The Labute approximate surface area is 228 Å². The Bertz CT molecular complexity index is 1310. The van der Waals surface area contributed by atoms with E-state index in [4.69, 9.17) is 24.2 Å². The molecule has 206 valence electrons. The molecular weight excluding hydrogens is 496 g/mol. The molecular formula is C31H36N2O6. The van der Waals surface area contributed by atoms with E-state index in [1.165, 1.54) is 30.4 Å². The van der Waals surface area contributed by atoms with Crippen LogP contribution >= 0.6 is 0 Å². The number of aliphatic carboxylic acids is 2. The lowest BCUT2D eigenvalue weighted by Crippen LogP contribution is -2.42. The van der Waals surface area contributed by atoms with E-state index < -0.39 is 17.4 Å². The van der Waals surface area contributed by atoms with Gasteiger partial charge in [0, 0.05) is 36.2 Å². The second kappa shape index (κ2) is 12.8. The molecule has 1 fully saturated rings. The largest absolute Gasteiger partial charge is 0.473 e. The van der Waals surface area contributed by atoms with E-state index in [9.17, 15) is 4.79 Å². The number of carboxylic acids is 2. The number of ketones is 1. The van der Waals surface area contributed by atoms with Crippen LogP contribution in [0.5, 0.6) is 0 Å². The summed E-state index contributed by atoms with van der Waals surface area (Å²) in [5.41, 5.74) is 3.96. The van der Waals surface area contributed by atoms with Crippen molar-refractivity contribution in [3.63, 3.8) is 0 Å². The van der Waals surface area contributed by atoms with E-state index in [2.05, 4.69) is 41.1 Å². The number of aromatic nitrogens is 1. The first kappa shape index (κ1) is 28.2. The minimum atomic E-state index is -1.82. The number of benzene rings is 1. The average Bonchev–Trinajstić information content (AvgIpc) is 3.46. The van der Waals surface area contributed by atoms with Crippen molar-refractivity contribution in [1.82, 2.24) is 9.88 Å². The second-order valence-corrected chi connectivity index (χ2v) is 10.5. The maximum atomic E-state index is 13.7. The van der Waals surface area contributed by atoms with Crippen molar-refractivity contribution in [2.75, 3.05) is 19.6 Å². The highest BCUT2D eigenvalue weighted by molar-refractivity contribution is 6.27. The van der Waals surface area contributed by atoms with E-state index in [1.807, 2.05) is 30.5 Å². The molecule has 8 heteroatoms. The quantitative estimate of drug-likeness (QED) is 0.379. The fourth-order valence-corrected chi connectivity index (χ4v) is 5.67. The van der Waals surface area contributed by atoms with Crippen LogP contribution in [0.15, 0.2) is 65.4 Å². The number of fused-ring (bicyclic) bond motifs is 1. The fourth-order valence-electron chi connectivity index (χ4n) is 5.67. The minimum absolute atomic E-state index is 0.187. The van der Waals surface area contributed by atoms with Gasteiger partial charge in [0.05, 0.1) is 17.4 Å². The molecule has 1 unspecified atom stereocenters. The van der Waals surface area contributed by atoms with Crippen molar-refractivity contribution in [3.8, 4) is 0 Å². The number of hydrogen-bond acceptors (Lipinski definition) is 6. The number of carboxylic acid groups (broad SMARTS) is 2. The number of carbonyl (C=O) groups excluding carboxylic acids is 1. The van der Waals surface area contributed by atoms with Crippen molar-refractivity contribution in [1.29, 1.82) is 0 Å². The highest BCUT2D eigenvalue weighted by atomic mass is 16.4. The third kappa shape index (κ3) is 6.81. The number of pyridine rings is 1. The number of carbonyl (C=O) groups is 3. The van der Waals surface area contributed by atoms with Crippen LogP contribution in [0.2, 0.25) is 0 Å². The van der Waals surface area contributed by atoms with Gasteiger partial charge in [-0.15, -0.1) is 0 Å². The maximum Gasteiger partial charge on any atom is 0.414 e. The highest BCUT2D eigenvalue weighted by Crippen LogP contribution is 2.36.